The largest absolute Gasteiger partial charge is 0.358 e. The molecule has 18 heavy (non-hydrogen) atoms. The van der Waals surface area contributed by atoms with Crippen LogP contribution in [0.4, 0.5) is 5.82 Å². The first kappa shape index (κ1) is 11.5. The normalized spacial score (nSPS) is 19.3. The van der Waals surface area contributed by atoms with E-state index >= 15 is 0 Å². The maximum Gasteiger partial charge on any atom is 0.138 e. The van der Waals surface area contributed by atoms with Crippen LogP contribution in [0.15, 0.2) is 30.6 Å². The number of hydrogen-bond donors (Lipinski definition) is 1. The van der Waals surface area contributed by atoms with Crippen LogP contribution in [0.2, 0.25) is 0 Å². The highest BCUT2D eigenvalue weighted by Crippen LogP contribution is 2.26. The van der Waals surface area contributed by atoms with Gasteiger partial charge in [0.25, 0.3) is 0 Å². The molecule has 0 amide bonds. The van der Waals surface area contributed by atoms with Crippen molar-refractivity contribution in [3.63, 3.8) is 0 Å². The van der Waals surface area contributed by atoms with Crippen molar-refractivity contribution in [3.8, 4) is 0 Å². The first-order valence-electron chi connectivity index (χ1n) is 6.58. The molecule has 0 aromatic carbocycles. The Bertz CT molecular complexity index is 537. The molecule has 0 spiro atoms. The first-order valence-corrected chi connectivity index (χ1v) is 6.58. The van der Waals surface area contributed by atoms with Crippen molar-refractivity contribution in [2.45, 2.75) is 25.3 Å². The van der Waals surface area contributed by atoms with Crippen LogP contribution in [-0.2, 0) is 0 Å². The Morgan fingerprint density at radius 1 is 1.28 bits per heavy atom. The lowest BCUT2D eigenvalue weighted by atomic mass is 9.90. The van der Waals surface area contributed by atoms with E-state index in [0.29, 0.717) is 5.54 Å². The first-order chi connectivity index (χ1) is 8.72. The summed E-state index contributed by atoms with van der Waals surface area (Å²) >= 11 is 0. The van der Waals surface area contributed by atoms with Crippen molar-refractivity contribution in [3.05, 3.63) is 30.6 Å². The van der Waals surface area contributed by atoms with E-state index in [-0.39, 0.29) is 0 Å². The van der Waals surface area contributed by atoms with Gasteiger partial charge in [0.15, 0.2) is 0 Å². The molecule has 0 atom stereocenters. The average molecular weight is 244 g/mol. The lowest BCUT2D eigenvalue weighted by molar-refractivity contribution is 0.304. The summed E-state index contributed by atoms with van der Waals surface area (Å²) in [7, 11) is 2.06. The van der Waals surface area contributed by atoms with Gasteiger partial charge >= 0.3 is 0 Å². The summed E-state index contributed by atoms with van der Waals surface area (Å²) in [6.45, 7) is 4.49. The van der Waals surface area contributed by atoms with Crippen LogP contribution < -0.4 is 10.2 Å². The van der Waals surface area contributed by atoms with Crippen LogP contribution in [0.1, 0.15) is 19.8 Å². The summed E-state index contributed by atoms with van der Waals surface area (Å²) in [6.07, 6.45) is 6.25. The van der Waals surface area contributed by atoms with Gasteiger partial charge in [-0.3, -0.25) is 4.40 Å². The molecule has 2 aromatic rings. The molecule has 0 radical (unpaired) electrons. The number of hydrogen-bond acceptors (Lipinski definition) is 3. The monoisotopic (exact) mass is 244 g/mol. The minimum atomic E-state index is 0.291. The van der Waals surface area contributed by atoms with E-state index in [1.54, 1.807) is 0 Å². The fraction of sp³-hybridized carbons (Fsp3) is 0.500. The zero-order valence-corrected chi connectivity index (χ0v) is 11.1. The second-order valence-electron chi connectivity index (χ2n) is 5.34. The number of fused-ring (bicyclic) bond motifs is 1. The van der Waals surface area contributed by atoms with Crippen molar-refractivity contribution in [2.75, 3.05) is 25.0 Å². The molecule has 4 heteroatoms. The number of imidazole rings is 1. The van der Waals surface area contributed by atoms with E-state index in [9.17, 15) is 0 Å². The molecule has 3 heterocycles. The Balaban J connectivity index is 1.86. The molecule has 1 fully saturated rings. The lowest BCUT2D eigenvalue weighted by Crippen LogP contribution is -2.50. The highest BCUT2D eigenvalue weighted by Gasteiger charge is 2.28. The predicted molar refractivity (Wildman–Crippen MR) is 74.1 cm³/mol. The van der Waals surface area contributed by atoms with Crippen LogP contribution in [0.3, 0.4) is 0 Å². The Labute approximate surface area is 108 Å². The smallest absolute Gasteiger partial charge is 0.138 e. The van der Waals surface area contributed by atoms with Crippen molar-refractivity contribution >= 4 is 11.5 Å². The van der Waals surface area contributed by atoms with Gasteiger partial charge < -0.3 is 10.2 Å². The number of piperidine rings is 1. The van der Waals surface area contributed by atoms with E-state index in [2.05, 4.69) is 45.7 Å². The highest BCUT2D eigenvalue weighted by molar-refractivity contribution is 5.51. The third kappa shape index (κ3) is 1.86. The maximum atomic E-state index is 4.34. The van der Waals surface area contributed by atoms with Gasteiger partial charge in [-0.1, -0.05) is 6.07 Å². The second-order valence-corrected chi connectivity index (χ2v) is 5.34. The van der Waals surface area contributed by atoms with Gasteiger partial charge in [-0.2, -0.15) is 0 Å². The molecule has 1 N–H and O–H groups in total. The van der Waals surface area contributed by atoms with Crippen LogP contribution in [0, 0.1) is 0 Å². The minimum absolute atomic E-state index is 0.291. The Morgan fingerprint density at radius 2 is 2.06 bits per heavy atom. The summed E-state index contributed by atoms with van der Waals surface area (Å²) in [4.78, 5) is 6.80. The Kier molecular flexibility index (Phi) is 2.74. The number of aromatic nitrogens is 2. The van der Waals surface area contributed by atoms with Crippen LogP contribution in [-0.4, -0.2) is 35.1 Å². The third-order valence-electron chi connectivity index (χ3n) is 4.20. The van der Waals surface area contributed by atoms with Gasteiger partial charge in [-0.25, -0.2) is 4.98 Å². The summed E-state index contributed by atoms with van der Waals surface area (Å²) < 4.78 is 2.17. The van der Waals surface area contributed by atoms with Crippen molar-refractivity contribution in [1.82, 2.24) is 14.7 Å². The quantitative estimate of drug-likeness (QED) is 0.876. The summed E-state index contributed by atoms with van der Waals surface area (Å²) in [5.41, 5.74) is 1.31. The molecule has 0 saturated carbocycles. The van der Waals surface area contributed by atoms with E-state index < -0.39 is 0 Å². The fourth-order valence-corrected chi connectivity index (χ4v) is 2.67. The number of pyridine rings is 1. The van der Waals surface area contributed by atoms with Gasteiger partial charge in [0, 0.05) is 31.0 Å². The van der Waals surface area contributed by atoms with Gasteiger partial charge in [0.05, 0.1) is 0 Å². The summed E-state index contributed by atoms with van der Waals surface area (Å²) in [5.74, 6) is 1.25. The van der Waals surface area contributed by atoms with Gasteiger partial charge in [0.2, 0.25) is 0 Å². The number of rotatable bonds is 2. The van der Waals surface area contributed by atoms with Gasteiger partial charge in [0.1, 0.15) is 11.5 Å². The lowest BCUT2D eigenvalue weighted by Gasteiger charge is -2.40. The molecule has 96 valence electrons. The molecule has 0 bridgehead atoms. The van der Waals surface area contributed by atoms with Gasteiger partial charge in [-0.05, 0) is 38.9 Å². The second kappa shape index (κ2) is 4.28. The molecule has 0 unspecified atom stereocenters. The van der Waals surface area contributed by atoms with Crippen molar-refractivity contribution < 1.29 is 0 Å². The molecule has 1 aliphatic heterocycles. The van der Waals surface area contributed by atoms with E-state index in [0.717, 1.165) is 18.7 Å². The topological polar surface area (TPSA) is 32.6 Å². The molecular weight excluding hydrogens is 224 g/mol. The van der Waals surface area contributed by atoms with E-state index in [1.807, 2.05) is 18.5 Å². The number of nitrogens with zero attached hydrogens (tertiary/aromatic N) is 3. The zero-order valence-electron chi connectivity index (χ0n) is 11.1. The predicted octanol–water partition coefficient (Wildman–Crippen LogP) is 1.91. The van der Waals surface area contributed by atoms with Crippen molar-refractivity contribution in [1.29, 1.82) is 0 Å². The Morgan fingerprint density at radius 3 is 2.78 bits per heavy atom. The Hall–Kier alpha value is -1.55. The number of anilines is 1. The van der Waals surface area contributed by atoms with E-state index in [4.69, 9.17) is 0 Å². The molecular formula is C14H20N4. The fourth-order valence-electron chi connectivity index (χ4n) is 2.67. The molecule has 3 rings (SSSR count). The number of nitrogens with one attached hydrogen (secondary N) is 1. The zero-order chi connectivity index (χ0) is 12.6. The van der Waals surface area contributed by atoms with E-state index in [1.165, 1.54) is 18.7 Å². The minimum Gasteiger partial charge on any atom is -0.358 e. The third-order valence-corrected chi connectivity index (χ3v) is 4.20. The molecule has 4 nitrogen and oxygen atoms in total. The van der Waals surface area contributed by atoms with Crippen LogP contribution in [0.5, 0.6) is 0 Å². The van der Waals surface area contributed by atoms with Gasteiger partial charge in [-0.15, -0.1) is 0 Å². The molecule has 0 aliphatic carbocycles. The summed E-state index contributed by atoms with van der Waals surface area (Å²) in [6, 6.07) is 6.31. The maximum absolute atomic E-state index is 4.34. The van der Waals surface area contributed by atoms with Crippen molar-refractivity contribution in [2.24, 2.45) is 0 Å². The molecule has 1 saturated heterocycles. The summed E-state index contributed by atoms with van der Waals surface area (Å²) in [5, 5.41) is 3.44. The standard InChI is InChI=1S/C14H20N4/c1-14(15-2)6-9-17(10-7-14)13-5-3-4-12-16-8-11-18(12)13/h3-5,8,11,15H,6-7,9-10H2,1-2H3. The molecule has 2 aromatic heterocycles. The van der Waals surface area contributed by atoms with Crippen LogP contribution >= 0.6 is 0 Å². The highest BCUT2D eigenvalue weighted by atomic mass is 15.2. The SMILES string of the molecule is CNC1(C)CCN(c2cccc3nccn23)CC1. The van der Waals surface area contributed by atoms with Crippen LogP contribution in [0.25, 0.3) is 5.65 Å². The molecule has 1 aliphatic rings. The average Bonchev–Trinajstić information content (AvgIpc) is 2.88.